The molecule has 3 aromatic rings. The van der Waals surface area contributed by atoms with Crippen LogP contribution in [0.4, 0.5) is 5.69 Å². The lowest BCUT2D eigenvalue weighted by atomic mass is 10.1. The first-order chi connectivity index (χ1) is 16.9. The first-order valence-corrected chi connectivity index (χ1v) is 12.2. The molecule has 0 aliphatic heterocycles. The minimum absolute atomic E-state index is 0.0785. The van der Waals surface area contributed by atoms with Crippen LogP contribution < -0.4 is 10.1 Å². The summed E-state index contributed by atoms with van der Waals surface area (Å²) in [5.74, 6) is -0.395. The smallest absolute Gasteiger partial charge is 0.337 e. The Hall–Kier alpha value is -3.42. The minimum Gasteiger partial charge on any atom is -0.487 e. The Morgan fingerprint density at radius 1 is 1.03 bits per heavy atom. The van der Waals surface area contributed by atoms with Crippen LogP contribution in [-0.2, 0) is 16.1 Å². The quantitative estimate of drug-likeness (QED) is 0.148. The number of amides is 1. The molecular formula is C26H17I2N3O4. The normalized spacial score (nSPS) is 10.6. The average molecular weight is 689 g/mol. The highest BCUT2D eigenvalue weighted by Crippen LogP contribution is 2.31. The highest BCUT2D eigenvalue weighted by atomic mass is 127. The van der Waals surface area contributed by atoms with Gasteiger partial charge in [0.1, 0.15) is 24.0 Å². The number of methoxy groups -OCH3 is 1. The van der Waals surface area contributed by atoms with Crippen LogP contribution in [0.25, 0.3) is 6.08 Å². The van der Waals surface area contributed by atoms with E-state index in [2.05, 4.69) is 61.3 Å². The van der Waals surface area contributed by atoms with E-state index in [4.69, 9.17) is 4.74 Å². The summed E-state index contributed by atoms with van der Waals surface area (Å²) in [6, 6.07) is 21.1. The molecular weight excluding hydrogens is 672 g/mol. The standard InChI is InChI=1S/C26H17I2N3O4/c1-34-26(33)17-6-8-21(9-7-17)31-25(32)20(14-30)10-16-11-22(27)24(23(28)12-16)35-15-19-5-3-2-4-18(19)13-29/h2-12H,15H2,1H3,(H,31,32)/b20-10+. The largest absolute Gasteiger partial charge is 0.487 e. The number of hydrogen-bond donors (Lipinski definition) is 1. The molecule has 35 heavy (non-hydrogen) atoms. The van der Waals surface area contributed by atoms with Gasteiger partial charge in [-0.25, -0.2) is 4.79 Å². The lowest BCUT2D eigenvalue weighted by molar-refractivity contribution is -0.112. The van der Waals surface area contributed by atoms with Crippen LogP contribution in [-0.4, -0.2) is 19.0 Å². The van der Waals surface area contributed by atoms with E-state index in [1.54, 1.807) is 24.3 Å². The zero-order valence-electron chi connectivity index (χ0n) is 18.3. The fourth-order valence-electron chi connectivity index (χ4n) is 3.03. The van der Waals surface area contributed by atoms with Crippen molar-refractivity contribution in [2.24, 2.45) is 0 Å². The number of halogens is 2. The van der Waals surface area contributed by atoms with Crippen LogP contribution in [0.5, 0.6) is 5.75 Å². The maximum Gasteiger partial charge on any atom is 0.337 e. The van der Waals surface area contributed by atoms with Crippen molar-refractivity contribution in [3.63, 3.8) is 0 Å². The third-order valence-corrected chi connectivity index (χ3v) is 6.37. The second-order valence-electron chi connectivity index (χ2n) is 7.06. The molecule has 9 heteroatoms. The Labute approximate surface area is 229 Å². The summed E-state index contributed by atoms with van der Waals surface area (Å²) in [5, 5.41) is 21.5. The molecule has 0 radical (unpaired) electrons. The summed E-state index contributed by atoms with van der Waals surface area (Å²) in [6.45, 7) is 0.242. The van der Waals surface area contributed by atoms with Gasteiger partial charge in [0, 0.05) is 11.3 Å². The van der Waals surface area contributed by atoms with Crippen LogP contribution in [0.1, 0.15) is 27.0 Å². The van der Waals surface area contributed by atoms with Crippen LogP contribution in [0.3, 0.4) is 0 Å². The van der Waals surface area contributed by atoms with Gasteiger partial charge in [0.25, 0.3) is 5.91 Å². The van der Waals surface area contributed by atoms with Gasteiger partial charge in [-0.1, -0.05) is 18.2 Å². The molecule has 1 N–H and O–H groups in total. The molecule has 3 rings (SSSR count). The molecule has 0 spiro atoms. The molecule has 0 atom stereocenters. The van der Waals surface area contributed by atoms with Gasteiger partial charge < -0.3 is 14.8 Å². The lowest BCUT2D eigenvalue weighted by Gasteiger charge is -2.12. The van der Waals surface area contributed by atoms with Crippen molar-refractivity contribution in [1.29, 1.82) is 10.5 Å². The van der Waals surface area contributed by atoms with Crippen molar-refractivity contribution in [1.82, 2.24) is 0 Å². The monoisotopic (exact) mass is 689 g/mol. The van der Waals surface area contributed by atoms with Gasteiger partial charge in [-0.15, -0.1) is 0 Å². The first kappa shape index (κ1) is 26.2. The Bertz CT molecular complexity index is 1360. The van der Waals surface area contributed by atoms with E-state index in [-0.39, 0.29) is 12.2 Å². The second-order valence-corrected chi connectivity index (χ2v) is 9.39. The highest BCUT2D eigenvalue weighted by molar-refractivity contribution is 14.1. The average Bonchev–Trinajstić information content (AvgIpc) is 2.86. The van der Waals surface area contributed by atoms with Gasteiger partial charge in [-0.05, 0) is 99.3 Å². The topological polar surface area (TPSA) is 112 Å². The number of anilines is 1. The van der Waals surface area contributed by atoms with Crippen molar-refractivity contribution in [2.75, 3.05) is 12.4 Å². The second kappa shape index (κ2) is 12.3. The minimum atomic E-state index is -0.572. The molecule has 174 valence electrons. The molecule has 7 nitrogen and oxygen atoms in total. The van der Waals surface area contributed by atoms with E-state index < -0.39 is 11.9 Å². The number of ether oxygens (including phenoxy) is 2. The van der Waals surface area contributed by atoms with Gasteiger partial charge >= 0.3 is 5.97 Å². The third-order valence-electron chi connectivity index (χ3n) is 4.77. The maximum atomic E-state index is 12.6. The van der Waals surface area contributed by atoms with Crippen molar-refractivity contribution < 1.29 is 19.1 Å². The number of carbonyl (C=O) groups excluding carboxylic acids is 2. The van der Waals surface area contributed by atoms with E-state index in [1.807, 2.05) is 30.3 Å². The number of benzene rings is 3. The summed E-state index contributed by atoms with van der Waals surface area (Å²) in [7, 11) is 1.29. The fraction of sp³-hybridized carbons (Fsp3) is 0.0769. The summed E-state index contributed by atoms with van der Waals surface area (Å²) in [6.07, 6.45) is 1.50. The molecule has 0 heterocycles. The molecule has 0 aliphatic carbocycles. The number of carbonyl (C=O) groups is 2. The van der Waals surface area contributed by atoms with E-state index in [0.717, 1.165) is 12.7 Å². The fourth-order valence-corrected chi connectivity index (χ4v) is 5.15. The summed E-state index contributed by atoms with van der Waals surface area (Å²) in [5.41, 5.74) is 2.72. The van der Waals surface area contributed by atoms with Crippen LogP contribution >= 0.6 is 45.2 Å². The van der Waals surface area contributed by atoms with E-state index in [9.17, 15) is 20.1 Å². The molecule has 0 aliphatic rings. The molecule has 1 amide bonds. The summed E-state index contributed by atoms with van der Waals surface area (Å²) < 4.78 is 12.2. The Balaban J connectivity index is 1.76. The highest BCUT2D eigenvalue weighted by Gasteiger charge is 2.14. The lowest BCUT2D eigenvalue weighted by Crippen LogP contribution is -2.13. The van der Waals surface area contributed by atoms with Gasteiger partial charge in [0.05, 0.1) is 31.4 Å². The molecule has 0 saturated carbocycles. The zero-order valence-corrected chi connectivity index (χ0v) is 22.7. The van der Waals surface area contributed by atoms with Gasteiger partial charge in [-0.2, -0.15) is 10.5 Å². The predicted octanol–water partition coefficient (Wildman–Crippen LogP) is 5.68. The first-order valence-electron chi connectivity index (χ1n) is 10.1. The molecule has 0 aromatic heterocycles. The third kappa shape index (κ3) is 6.81. The molecule has 0 saturated heterocycles. The van der Waals surface area contributed by atoms with Gasteiger partial charge in [-0.3, -0.25) is 4.79 Å². The molecule has 0 bridgehead atoms. The van der Waals surface area contributed by atoms with Gasteiger partial charge in [0.15, 0.2) is 0 Å². The zero-order chi connectivity index (χ0) is 25.4. The molecule has 0 unspecified atom stereocenters. The Kier molecular flexibility index (Phi) is 9.23. The van der Waals surface area contributed by atoms with E-state index in [1.165, 1.54) is 25.3 Å². The predicted molar refractivity (Wildman–Crippen MR) is 147 cm³/mol. The van der Waals surface area contributed by atoms with Crippen LogP contribution in [0.15, 0.2) is 66.2 Å². The van der Waals surface area contributed by atoms with E-state index in [0.29, 0.717) is 28.1 Å². The number of esters is 1. The number of hydrogen-bond acceptors (Lipinski definition) is 6. The maximum absolute atomic E-state index is 12.6. The molecule has 0 fully saturated rings. The summed E-state index contributed by atoms with van der Waals surface area (Å²) in [4.78, 5) is 24.2. The van der Waals surface area contributed by atoms with Crippen molar-refractivity contribution in [3.8, 4) is 17.9 Å². The Morgan fingerprint density at radius 2 is 1.69 bits per heavy atom. The van der Waals surface area contributed by atoms with Crippen LogP contribution in [0, 0.1) is 29.8 Å². The van der Waals surface area contributed by atoms with Gasteiger partial charge in [0.2, 0.25) is 0 Å². The molecule has 3 aromatic carbocycles. The van der Waals surface area contributed by atoms with Crippen LogP contribution in [0.2, 0.25) is 0 Å². The summed E-state index contributed by atoms with van der Waals surface area (Å²) >= 11 is 4.27. The number of nitriles is 2. The van der Waals surface area contributed by atoms with Crippen molar-refractivity contribution in [2.45, 2.75) is 6.61 Å². The number of nitrogens with one attached hydrogen (secondary N) is 1. The van der Waals surface area contributed by atoms with Crippen molar-refractivity contribution in [3.05, 3.63) is 95.6 Å². The number of nitrogens with zero attached hydrogens (tertiary/aromatic N) is 2. The Morgan fingerprint density at radius 3 is 2.29 bits per heavy atom. The SMILES string of the molecule is COC(=O)c1ccc(NC(=O)/C(C#N)=C/c2cc(I)c(OCc3ccccc3C#N)c(I)c2)cc1. The number of rotatable bonds is 7. The van der Waals surface area contributed by atoms with Crippen molar-refractivity contribution >= 4 is 68.8 Å². The van der Waals surface area contributed by atoms with E-state index >= 15 is 0 Å².